The van der Waals surface area contributed by atoms with Crippen molar-refractivity contribution in [1.29, 1.82) is 0 Å². The van der Waals surface area contributed by atoms with Crippen molar-refractivity contribution >= 4 is 17.6 Å². The molecular formula is C24H33ClN4O2. The number of nitrogens with zero attached hydrogens (tertiary/aromatic N) is 2. The van der Waals surface area contributed by atoms with E-state index in [1.54, 1.807) is 14.2 Å². The number of ether oxygens (including phenoxy) is 1. The number of piperidine rings is 1. The zero-order chi connectivity index (χ0) is 22.1. The molecule has 2 aromatic rings. The normalized spacial score (nSPS) is 15.7. The molecule has 0 bridgehead atoms. The Bertz CT molecular complexity index is 849. The van der Waals surface area contributed by atoms with E-state index in [1.165, 1.54) is 11.1 Å². The molecule has 0 aliphatic carbocycles. The number of rotatable bonds is 8. The Hall–Kier alpha value is -2.28. The number of aliphatic hydroxyl groups excluding tert-OH is 1. The summed E-state index contributed by atoms with van der Waals surface area (Å²) in [5, 5.41) is 17.0. The van der Waals surface area contributed by atoms with Gasteiger partial charge in [0.15, 0.2) is 5.96 Å². The molecule has 168 valence electrons. The predicted molar refractivity (Wildman–Crippen MR) is 127 cm³/mol. The number of aliphatic imine (C=N–C) groups is 1. The molecule has 31 heavy (non-hydrogen) atoms. The average Bonchev–Trinajstić information content (AvgIpc) is 2.79. The molecule has 0 radical (unpaired) electrons. The van der Waals surface area contributed by atoms with Gasteiger partial charge in [-0.25, -0.2) is 0 Å². The molecule has 0 aromatic heterocycles. The maximum absolute atomic E-state index is 9.64. The van der Waals surface area contributed by atoms with Gasteiger partial charge in [-0.1, -0.05) is 41.9 Å². The van der Waals surface area contributed by atoms with Crippen molar-refractivity contribution in [3.63, 3.8) is 0 Å². The first-order valence-corrected chi connectivity index (χ1v) is 11.2. The number of guanidine groups is 1. The minimum atomic E-state index is -0.124. The van der Waals surface area contributed by atoms with Gasteiger partial charge in [0, 0.05) is 44.8 Å². The average molecular weight is 445 g/mol. The molecule has 1 saturated heterocycles. The molecule has 0 saturated carbocycles. The minimum Gasteiger partial charge on any atom is -0.497 e. The van der Waals surface area contributed by atoms with E-state index in [4.69, 9.17) is 16.3 Å². The van der Waals surface area contributed by atoms with Crippen LogP contribution in [0.1, 0.15) is 29.5 Å². The third-order valence-corrected chi connectivity index (χ3v) is 5.97. The van der Waals surface area contributed by atoms with Gasteiger partial charge in [-0.3, -0.25) is 9.89 Å². The Kier molecular flexibility index (Phi) is 9.00. The van der Waals surface area contributed by atoms with Crippen LogP contribution >= 0.6 is 11.6 Å². The number of likely N-dealkylation sites (tertiary alicyclic amines) is 1. The van der Waals surface area contributed by atoms with Crippen LogP contribution in [0.25, 0.3) is 0 Å². The van der Waals surface area contributed by atoms with E-state index >= 15 is 0 Å². The van der Waals surface area contributed by atoms with E-state index in [0.29, 0.717) is 11.6 Å². The lowest BCUT2D eigenvalue weighted by Crippen LogP contribution is -2.37. The maximum atomic E-state index is 9.64. The molecule has 3 N–H and O–H groups in total. The SMILES string of the molecule is CN=C(NCCc1ccc(OC)cc1Cl)NCc1ccc(CN2CCC(O)CC2)cc1. The summed E-state index contributed by atoms with van der Waals surface area (Å²) in [6.07, 6.45) is 2.42. The van der Waals surface area contributed by atoms with Crippen molar-refractivity contribution in [1.82, 2.24) is 15.5 Å². The van der Waals surface area contributed by atoms with Gasteiger partial charge < -0.3 is 20.5 Å². The lowest BCUT2D eigenvalue weighted by atomic mass is 10.1. The van der Waals surface area contributed by atoms with E-state index in [0.717, 1.165) is 62.7 Å². The highest BCUT2D eigenvalue weighted by Gasteiger charge is 2.16. The predicted octanol–water partition coefficient (Wildman–Crippen LogP) is 3.21. The molecule has 3 rings (SSSR count). The second-order valence-corrected chi connectivity index (χ2v) is 8.29. The second kappa shape index (κ2) is 11.9. The van der Waals surface area contributed by atoms with Crippen LogP contribution in [0.4, 0.5) is 0 Å². The van der Waals surface area contributed by atoms with E-state index in [2.05, 4.69) is 44.8 Å². The lowest BCUT2D eigenvalue weighted by Gasteiger charge is -2.29. The van der Waals surface area contributed by atoms with E-state index in [9.17, 15) is 5.11 Å². The maximum Gasteiger partial charge on any atom is 0.191 e. The summed E-state index contributed by atoms with van der Waals surface area (Å²) in [5.74, 6) is 1.53. The van der Waals surface area contributed by atoms with Crippen LogP contribution in [0.15, 0.2) is 47.5 Å². The van der Waals surface area contributed by atoms with Crippen molar-refractivity contribution in [2.45, 2.75) is 38.5 Å². The zero-order valence-electron chi connectivity index (χ0n) is 18.4. The smallest absolute Gasteiger partial charge is 0.191 e. The summed E-state index contributed by atoms with van der Waals surface area (Å²) in [7, 11) is 3.41. The van der Waals surface area contributed by atoms with Crippen LogP contribution in [0, 0.1) is 0 Å². The highest BCUT2D eigenvalue weighted by Crippen LogP contribution is 2.22. The third kappa shape index (κ3) is 7.42. The number of hydrogen-bond acceptors (Lipinski definition) is 4. The van der Waals surface area contributed by atoms with Crippen LogP contribution in [-0.2, 0) is 19.5 Å². The van der Waals surface area contributed by atoms with Crippen LogP contribution in [-0.4, -0.2) is 55.9 Å². The van der Waals surface area contributed by atoms with Crippen LogP contribution in [0.5, 0.6) is 5.75 Å². The van der Waals surface area contributed by atoms with Gasteiger partial charge in [0.2, 0.25) is 0 Å². The van der Waals surface area contributed by atoms with Crippen molar-refractivity contribution in [3.8, 4) is 5.75 Å². The quantitative estimate of drug-likeness (QED) is 0.431. The Morgan fingerprint density at radius 2 is 1.84 bits per heavy atom. The summed E-state index contributed by atoms with van der Waals surface area (Å²) < 4.78 is 5.19. The Morgan fingerprint density at radius 1 is 1.13 bits per heavy atom. The number of nitrogens with one attached hydrogen (secondary N) is 2. The Labute approximate surface area is 190 Å². The van der Waals surface area contributed by atoms with Crippen LogP contribution in [0.2, 0.25) is 5.02 Å². The van der Waals surface area contributed by atoms with E-state index < -0.39 is 0 Å². The summed E-state index contributed by atoms with van der Waals surface area (Å²) in [6, 6.07) is 14.4. The van der Waals surface area contributed by atoms with Gasteiger partial charge in [-0.15, -0.1) is 0 Å². The molecule has 0 spiro atoms. The number of aliphatic hydroxyl groups is 1. The van der Waals surface area contributed by atoms with Gasteiger partial charge in [-0.2, -0.15) is 0 Å². The fraction of sp³-hybridized carbons (Fsp3) is 0.458. The Morgan fingerprint density at radius 3 is 2.48 bits per heavy atom. The molecule has 6 nitrogen and oxygen atoms in total. The number of benzene rings is 2. The molecule has 1 aliphatic rings. The first kappa shape index (κ1) is 23.4. The molecule has 0 amide bonds. The fourth-order valence-electron chi connectivity index (χ4n) is 3.68. The molecule has 0 unspecified atom stereocenters. The van der Waals surface area contributed by atoms with Crippen LogP contribution < -0.4 is 15.4 Å². The van der Waals surface area contributed by atoms with E-state index in [-0.39, 0.29) is 6.10 Å². The largest absolute Gasteiger partial charge is 0.497 e. The number of halogens is 1. The second-order valence-electron chi connectivity index (χ2n) is 7.88. The standard InChI is InChI=1S/C24H33ClN4O2/c1-26-24(27-12-9-20-7-8-22(31-2)15-23(20)25)28-16-18-3-5-19(6-4-18)17-29-13-10-21(30)11-14-29/h3-8,15,21,30H,9-14,16-17H2,1-2H3,(H2,26,27,28). The van der Waals surface area contributed by atoms with Crippen molar-refractivity contribution in [2.75, 3.05) is 33.8 Å². The lowest BCUT2D eigenvalue weighted by molar-refractivity contribution is 0.0792. The summed E-state index contributed by atoms with van der Waals surface area (Å²) in [4.78, 5) is 6.70. The minimum absolute atomic E-state index is 0.124. The number of methoxy groups -OCH3 is 1. The molecule has 2 aromatic carbocycles. The van der Waals surface area contributed by atoms with Gasteiger partial charge in [0.25, 0.3) is 0 Å². The van der Waals surface area contributed by atoms with Gasteiger partial charge in [-0.05, 0) is 48.1 Å². The summed E-state index contributed by atoms with van der Waals surface area (Å²) >= 11 is 6.31. The highest BCUT2D eigenvalue weighted by molar-refractivity contribution is 6.31. The van der Waals surface area contributed by atoms with Crippen molar-refractivity contribution in [2.24, 2.45) is 4.99 Å². The van der Waals surface area contributed by atoms with Gasteiger partial charge in [0.05, 0.1) is 13.2 Å². The molecule has 1 heterocycles. The van der Waals surface area contributed by atoms with E-state index in [1.807, 2.05) is 18.2 Å². The molecule has 1 fully saturated rings. The Balaban J connectivity index is 1.41. The molecule has 0 atom stereocenters. The topological polar surface area (TPSA) is 69.1 Å². The molecule has 1 aliphatic heterocycles. The molecule has 7 heteroatoms. The van der Waals surface area contributed by atoms with Crippen molar-refractivity contribution < 1.29 is 9.84 Å². The number of hydrogen-bond donors (Lipinski definition) is 3. The molecular weight excluding hydrogens is 412 g/mol. The van der Waals surface area contributed by atoms with Gasteiger partial charge in [0.1, 0.15) is 5.75 Å². The summed E-state index contributed by atoms with van der Waals surface area (Å²) in [6.45, 7) is 4.31. The summed E-state index contributed by atoms with van der Waals surface area (Å²) in [5.41, 5.74) is 3.59. The monoisotopic (exact) mass is 444 g/mol. The van der Waals surface area contributed by atoms with Crippen molar-refractivity contribution in [3.05, 3.63) is 64.2 Å². The first-order chi connectivity index (χ1) is 15.1. The zero-order valence-corrected chi connectivity index (χ0v) is 19.2. The first-order valence-electron chi connectivity index (χ1n) is 10.8. The third-order valence-electron chi connectivity index (χ3n) is 5.62. The fourth-order valence-corrected chi connectivity index (χ4v) is 3.94. The van der Waals surface area contributed by atoms with Crippen LogP contribution in [0.3, 0.4) is 0 Å². The highest BCUT2D eigenvalue weighted by atomic mass is 35.5. The van der Waals surface area contributed by atoms with Gasteiger partial charge >= 0.3 is 0 Å².